The summed E-state index contributed by atoms with van der Waals surface area (Å²) in [5, 5.41) is 43.8. The molecule has 0 heterocycles. The van der Waals surface area contributed by atoms with Crippen molar-refractivity contribution < 1.29 is 39.6 Å². The zero-order valence-corrected chi connectivity index (χ0v) is 21.0. The first-order chi connectivity index (χ1) is 17.4. The summed E-state index contributed by atoms with van der Waals surface area (Å²) in [5.41, 5.74) is -0.364. The molecule has 0 aromatic heterocycles. The van der Waals surface area contributed by atoms with Gasteiger partial charge in [-0.1, -0.05) is 48.5 Å². The molecular formula is C24H27Cl2N3O8. The molecule has 0 spiro atoms. The van der Waals surface area contributed by atoms with Crippen LogP contribution in [0.25, 0.3) is 0 Å². The van der Waals surface area contributed by atoms with Crippen molar-refractivity contribution in [3.63, 3.8) is 0 Å². The number of aliphatic carboxylic acids is 3. The van der Waals surface area contributed by atoms with Crippen molar-refractivity contribution in [3.05, 3.63) is 66.2 Å². The maximum atomic E-state index is 14.2. The average Bonchev–Trinajstić information content (AvgIpc) is 2.84. The van der Waals surface area contributed by atoms with Crippen LogP contribution in [-0.4, -0.2) is 85.2 Å². The van der Waals surface area contributed by atoms with Gasteiger partial charge in [-0.25, -0.2) is 10.0 Å². The molecule has 11 nitrogen and oxygen atoms in total. The maximum Gasteiger partial charge on any atom is 0.327 e. The summed E-state index contributed by atoms with van der Waals surface area (Å²) in [6.07, 6.45) is -0.782. The molecule has 1 amide bonds. The number of benzene rings is 2. The maximum absolute atomic E-state index is 14.2. The van der Waals surface area contributed by atoms with Crippen LogP contribution in [0.3, 0.4) is 0 Å². The number of para-hydroxylation sites is 1. The quantitative estimate of drug-likeness (QED) is 0.129. The number of nitrogens with zero attached hydrogens (tertiary/aromatic N) is 2. The molecule has 2 atom stereocenters. The van der Waals surface area contributed by atoms with Crippen LogP contribution >= 0.6 is 23.2 Å². The highest BCUT2D eigenvalue weighted by atomic mass is 35.5. The molecule has 0 aliphatic carbocycles. The Morgan fingerprint density at radius 3 is 1.70 bits per heavy atom. The number of amides is 1. The summed E-state index contributed by atoms with van der Waals surface area (Å²) in [6.45, 7) is -0.113. The second-order valence-electron chi connectivity index (χ2n) is 8.10. The van der Waals surface area contributed by atoms with Gasteiger partial charge in [-0.05, 0) is 17.7 Å². The smallest absolute Gasteiger partial charge is 0.327 e. The lowest BCUT2D eigenvalue weighted by atomic mass is 9.68. The number of anilines is 1. The zero-order valence-electron chi connectivity index (χ0n) is 19.5. The molecule has 2 aromatic carbocycles. The van der Waals surface area contributed by atoms with Crippen LogP contribution < -0.4 is 10.7 Å². The average molecular weight is 556 g/mol. The molecule has 200 valence electrons. The van der Waals surface area contributed by atoms with E-state index in [2.05, 4.69) is 0 Å². The lowest BCUT2D eigenvalue weighted by Crippen LogP contribution is -2.78. The standard InChI is InChI=1S/C24H27Cl2N3O8/c25-11-13-28(14-12-26)29(17-9-5-2-6-10-17)21(34)24(37,18(19(30)31)20(32)33)23(27,22(35)36)15-16-7-3-1-4-8-16/h1-10,18,37H,11-15,27H2,(H,30,31)(H,32,33)(H,35,36)/t23-,24?/m1/s1. The summed E-state index contributed by atoms with van der Waals surface area (Å²) < 4.78 is 0. The first-order valence-corrected chi connectivity index (χ1v) is 12.0. The van der Waals surface area contributed by atoms with E-state index in [1.807, 2.05) is 0 Å². The van der Waals surface area contributed by atoms with Gasteiger partial charge < -0.3 is 26.2 Å². The van der Waals surface area contributed by atoms with Crippen LogP contribution in [0.2, 0.25) is 0 Å². The number of hydrogen-bond acceptors (Lipinski definition) is 7. The highest BCUT2D eigenvalue weighted by Crippen LogP contribution is 2.37. The minimum Gasteiger partial charge on any atom is -0.481 e. The molecule has 6 N–H and O–H groups in total. The molecule has 1 unspecified atom stereocenters. The number of carbonyl (C=O) groups is 4. The van der Waals surface area contributed by atoms with E-state index < -0.39 is 47.3 Å². The first-order valence-electron chi connectivity index (χ1n) is 11.0. The molecule has 0 saturated carbocycles. The van der Waals surface area contributed by atoms with Crippen molar-refractivity contribution in [2.75, 3.05) is 29.9 Å². The molecule has 0 aliphatic rings. The van der Waals surface area contributed by atoms with E-state index in [-0.39, 0.29) is 36.1 Å². The monoisotopic (exact) mass is 555 g/mol. The molecular weight excluding hydrogens is 529 g/mol. The Morgan fingerprint density at radius 1 is 0.838 bits per heavy atom. The number of alkyl halides is 2. The number of halogens is 2. The minimum atomic E-state index is -3.71. The summed E-state index contributed by atoms with van der Waals surface area (Å²) in [4.78, 5) is 51.2. The van der Waals surface area contributed by atoms with E-state index in [9.17, 15) is 39.6 Å². The molecule has 2 rings (SSSR count). The van der Waals surface area contributed by atoms with Gasteiger partial charge in [0.15, 0.2) is 17.1 Å². The van der Waals surface area contributed by atoms with Crippen molar-refractivity contribution in [1.82, 2.24) is 5.01 Å². The minimum absolute atomic E-state index is 0.0517. The lowest BCUT2D eigenvalue weighted by Gasteiger charge is -2.46. The number of nitrogens with two attached hydrogens (primary N) is 1. The Labute approximate surface area is 222 Å². The van der Waals surface area contributed by atoms with Gasteiger partial charge in [0.1, 0.15) is 0 Å². The van der Waals surface area contributed by atoms with E-state index in [0.717, 1.165) is 5.01 Å². The first kappa shape index (κ1) is 30.0. The Kier molecular flexibility index (Phi) is 10.4. The van der Waals surface area contributed by atoms with E-state index >= 15 is 0 Å². The Morgan fingerprint density at radius 2 is 1.30 bits per heavy atom. The second-order valence-corrected chi connectivity index (χ2v) is 8.85. The molecule has 0 radical (unpaired) electrons. The third kappa shape index (κ3) is 6.20. The van der Waals surface area contributed by atoms with E-state index in [1.165, 1.54) is 53.5 Å². The van der Waals surface area contributed by atoms with Gasteiger partial charge >= 0.3 is 17.9 Å². The number of hydrogen-bond donors (Lipinski definition) is 5. The Hall–Kier alpha value is -3.22. The molecule has 13 heteroatoms. The van der Waals surface area contributed by atoms with Gasteiger partial charge in [0.05, 0.1) is 5.69 Å². The van der Waals surface area contributed by atoms with Gasteiger partial charge in [0.2, 0.25) is 0 Å². The summed E-state index contributed by atoms with van der Waals surface area (Å²) >= 11 is 11.8. The van der Waals surface area contributed by atoms with Crippen molar-refractivity contribution >= 4 is 52.7 Å². The fourth-order valence-corrected chi connectivity index (χ4v) is 4.36. The number of carbonyl (C=O) groups excluding carboxylic acids is 1. The zero-order chi connectivity index (χ0) is 27.8. The Bertz CT molecular complexity index is 1090. The third-order valence-electron chi connectivity index (χ3n) is 5.79. The van der Waals surface area contributed by atoms with Crippen molar-refractivity contribution in [2.24, 2.45) is 11.7 Å². The van der Waals surface area contributed by atoms with Gasteiger partial charge in [-0.15, -0.1) is 23.2 Å². The van der Waals surface area contributed by atoms with Crippen molar-refractivity contribution in [2.45, 2.75) is 17.6 Å². The van der Waals surface area contributed by atoms with E-state index in [1.54, 1.807) is 12.1 Å². The molecule has 2 aromatic rings. The lowest BCUT2D eigenvalue weighted by molar-refractivity contribution is -0.187. The van der Waals surface area contributed by atoms with Gasteiger partial charge in [0, 0.05) is 31.3 Å². The van der Waals surface area contributed by atoms with Gasteiger partial charge in [0.25, 0.3) is 5.91 Å². The fourth-order valence-electron chi connectivity index (χ4n) is 3.97. The third-order valence-corrected chi connectivity index (χ3v) is 6.12. The van der Waals surface area contributed by atoms with E-state index in [4.69, 9.17) is 28.9 Å². The van der Waals surface area contributed by atoms with Crippen LogP contribution in [0.5, 0.6) is 0 Å². The summed E-state index contributed by atoms with van der Waals surface area (Å²) in [6, 6.07) is 15.1. The Balaban J connectivity index is 2.90. The highest BCUT2D eigenvalue weighted by molar-refractivity contribution is 6.18. The number of rotatable bonds is 14. The van der Waals surface area contributed by atoms with Gasteiger partial charge in [-0.2, -0.15) is 0 Å². The van der Waals surface area contributed by atoms with Crippen LogP contribution in [0, 0.1) is 5.92 Å². The van der Waals surface area contributed by atoms with Crippen molar-refractivity contribution in [1.29, 1.82) is 0 Å². The van der Waals surface area contributed by atoms with Gasteiger partial charge in [-0.3, -0.25) is 19.2 Å². The molecule has 0 fully saturated rings. The SMILES string of the molecule is N[C@](Cc1ccccc1)(C(=O)O)C(O)(C(=O)N(c1ccccc1)N(CCCl)CCCl)C(C(=O)O)C(=O)O. The van der Waals surface area contributed by atoms with Crippen LogP contribution in [0.4, 0.5) is 5.69 Å². The largest absolute Gasteiger partial charge is 0.481 e. The second kappa shape index (κ2) is 12.8. The molecule has 0 bridgehead atoms. The normalized spacial score (nSPS) is 14.5. The molecule has 37 heavy (non-hydrogen) atoms. The fraction of sp³-hybridized carbons (Fsp3) is 0.333. The molecule has 0 saturated heterocycles. The van der Waals surface area contributed by atoms with Crippen LogP contribution in [0.15, 0.2) is 60.7 Å². The molecule has 0 aliphatic heterocycles. The van der Waals surface area contributed by atoms with E-state index in [0.29, 0.717) is 0 Å². The number of aliphatic hydroxyl groups is 1. The summed E-state index contributed by atoms with van der Waals surface area (Å²) in [5.74, 6) is -11.0. The highest BCUT2D eigenvalue weighted by Gasteiger charge is 2.68. The van der Waals surface area contributed by atoms with Crippen LogP contribution in [0.1, 0.15) is 5.56 Å². The summed E-state index contributed by atoms with van der Waals surface area (Å²) in [7, 11) is 0. The number of carboxylic acids is 3. The van der Waals surface area contributed by atoms with Crippen LogP contribution in [-0.2, 0) is 25.6 Å². The predicted octanol–water partition coefficient (Wildman–Crippen LogP) is 1.26. The van der Waals surface area contributed by atoms with Crippen molar-refractivity contribution in [3.8, 4) is 0 Å². The predicted molar refractivity (Wildman–Crippen MR) is 135 cm³/mol. The number of carboxylic acid groups (broad SMARTS) is 3. The topological polar surface area (TPSA) is 182 Å². The number of hydrazine groups is 1.